The molecule has 0 saturated heterocycles. The maximum absolute atomic E-state index is 6.19. The van der Waals surface area contributed by atoms with Crippen LogP contribution in [0.4, 0.5) is 0 Å². The first-order valence-electron chi connectivity index (χ1n) is 6.58. The van der Waals surface area contributed by atoms with E-state index in [-0.39, 0.29) is 6.04 Å². The van der Waals surface area contributed by atoms with Crippen LogP contribution in [0, 0.1) is 0 Å². The van der Waals surface area contributed by atoms with Crippen LogP contribution in [0.1, 0.15) is 47.2 Å². The largest absolute Gasteiger partial charge is 0.271 e. The molecule has 1 aliphatic rings. The van der Waals surface area contributed by atoms with Crippen LogP contribution in [0.2, 0.25) is 5.02 Å². The van der Waals surface area contributed by atoms with Gasteiger partial charge in [0.15, 0.2) is 0 Å². The van der Waals surface area contributed by atoms with E-state index in [9.17, 15) is 0 Å². The Bertz CT molecular complexity index is 546. The monoisotopic (exact) mass is 292 g/mol. The second-order valence-corrected chi connectivity index (χ2v) is 6.38. The minimum Gasteiger partial charge on any atom is -0.271 e. The average Bonchev–Trinajstić information content (AvgIpc) is 2.77. The van der Waals surface area contributed by atoms with Crippen molar-refractivity contribution in [3.05, 3.63) is 56.7 Å². The highest BCUT2D eigenvalue weighted by Gasteiger charge is 2.21. The van der Waals surface area contributed by atoms with Crippen LogP contribution in [0.3, 0.4) is 0 Å². The zero-order chi connectivity index (χ0) is 13.2. The van der Waals surface area contributed by atoms with Gasteiger partial charge in [-0.1, -0.05) is 42.3 Å². The van der Waals surface area contributed by atoms with Crippen LogP contribution in [0.5, 0.6) is 0 Å². The van der Waals surface area contributed by atoms with Crippen LogP contribution in [-0.2, 0) is 0 Å². The summed E-state index contributed by atoms with van der Waals surface area (Å²) in [5.74, 6) is 6.47. The van der Waals surface area contributed by atoms with E-state index in [0.717, 1.165) is 21.4 Å². The number of hydrazine groups is 1. The molecule has 2 aromatic rings. The van der Waals surface area contributed by atoms with Crippen LogP contribution < -0.4 is 11.3 Å². The number of nitrogens with two attached hydrogens (primary N) is 1. The highest BCUT2D eigenvalue weighted by molar-refractivity contribution is 7.10. The molecule has 0 aliphatic heterocycles. The first-order valence-corrected chi connectivity index (χ1v) is 7.84. The molecule has 0 amide bonds. The maximum atomic E-state index is 6.19. The van der Waals surface area contributed by atoms with Crippen molar-refractivity contribution in [2.24, 2.45) is 5.84 Å². The summed E-state index contributed by atoms with van der Waals surface area (Å²) in [6.45, 7) is 0. The lowest BCUT2D eigenvalue weighted by Crippen LogP contribution is -2.28. The zero-order valence-electron chi connectivity index (χ0n) is 10.6. The van der Waals surface area contributed by atoms with Gasteiger partial charge >= 0.3 is 0 Å². The smallest absolute Gasteiger partial charge is 0.0817 e. The number of halogens is 1. The topological polar surface area (TPSA) is 38.0 Å². The van der Waals surface area contributed by atoms with Crippen molar-refractivity contribution in [2.45, 2.75) is 31.2 Å². The number of thiophene rings is 1. The zero-order valence-corrected chi connectivity index (χ0v) is 12.2. The molecule has 3 rings (SSSR count). The van der Waals surface area contributed by atoms with Gasteiger partial charge in [0.2, 0.25) is 0 Å². The third-order valence-electron chi connectivity index (χ3n) is 3.92. The van der Waals surface area contributed by atoms with Crippen molar-refractivity contribution < 1.29 is 0 Å². The Morgan fingerprint density at radius 2 is 1.95 bits per heavy atom. The van der Waals surface area contributed by atoms with Gasteiger partial charge in [0.05, 0.1) is 11.1 Å². The first kappa shape index (κ1) is 13.1. The van der Waals surface area contributed by atoms with E-state index in [1.807, 2.05) is 11.4 Å². The Balaban J connectivity index is 1.85. The van der Waals surface area contributed by atoms with Gasteiger partial charge in [-0.3, -0.25) is 5.84 Å². The molecule has 4 heteroatoms. The molecule has 1 aromatic heterocycles. The van der Waals surface area contributed by atoms with E-state index in [1.54, 1.807) is 11.3 Å². The van der Waals surface area contributed by atoms with Crippen molar-refractivity contribution in [3.63, 3.8) is 0 Å². The standard InChI is InChI=1S/C15H17ClN2S/c16-13-8-9-19-15(13)14(18-17)12-6-4-11(5-7-12)10-2-1-3-10/h4-10,14,18H,1-3,17H2. The van der Waals surface area contributed by atoms with Gasteiger partial charge < -0.3 is 0 Å². The fourth-order valence-corrected chi connectivity index (χ4v) is 3.79. The van der Waals surface area contributed by atoms with Crippen LogP contribution in [-0.4, -0.2) is 0 Å². The second-order valence-electron chi connectivity index (χ2n) is 5.03. The molecule has 1 heterocycles. The molecular weight excluding hydrogens is 276 g/mol. The van der Waals surface area contributed by atoms with Gasteiger partial charge in [0.25, 0.3) is 0 Å². The lowest BCUT2D eigenvalue weighted by Gasteiger charge is -2.26. The molecule has 0 radical (unpaired) electrons. The minimum absolute atomic E-state index is 0.0251. The van der Waals surface area contributed by atoms with E-state index >= 15 is 0 Å². The Morgan fingerprint density at radius 1 is 1.21 bits per heavy atom. The normalized spacial score (nSPS) is 17.2. The Labute approximate surface area is 122 Å². The molecular formula is C15H17ClN2S. The lowest BCUT2D eigenvalue weighted by molar-refractivity contribution is 0.419. The molecule has 1 aromatic carbocycles. The van der Waals surface area contributed by atoms with Crippen molar-refractivity contribution in [3.8, 4) is 0 Å². The molecule has 0 spiro atoms. The maximum Gasteiger partial charge on any atom is 0.0817 e. The molecule has 19 heavy (non-hydrogen) atoms. The summed E-state index contributed by atoms with van der Waals surface area (Å²) >= 11 is 7.82. The van der Waals surface area contributed by atoms with E-state index in [2.05, 4.69) is 29.7 Å². The third-order valence-corrected chi connectivity index (χ3v) is 5.34. The summed E-state index contributed by atoms with van der Waals surface area (Å²) < 4.78 is 0. The molecule has 0 bridgehead atoms. The molecule has 1 atom stereocenters. The van der Waals surface area contributed by atoms with E-state index in [4.69, 9.17) is 17.4 Å². The van der Waals surface area contributed by atoms with Crippen molar-refractivity contribution in [1.29, 1.82) is 0 Å². The van der Waals surface area contributed by atoms with Gasteiger partial charge in [0.1, 0.15) is 0 Å². The molecule has 1 aliphatic carbocycles. The fourth-order valence-electron chi connectivity index (χ4n) is 2.54. The highest BCUT2D eigenvalue weighted by atomic mass is 35.5. The number of hydrogen-bond acceptors (Lipinski definition) is 3. The molecule has 1 unspecified atom stereocenters. The summed E-state index contributed by atoms with van der Waals surface area (Å²) in [6, 6.07) is 10.7. The number of nitrogens with one attached hydrogen (secondary N) is 1. The molecule has 2 nitrogen and oxygen atoms in total. The van der Waals surface area contributed by atoms with Crippen molar-refractivity contribution in [1.82, 2.24) is 5.43 Å². The summed E-state index contributed by atoms with van der Waals surface area (Å²) in [7, 11) is 0. The Hall–Kier alpha value is -0.870. The fraction of sp³-hybridized carbons (Fsp3) is 0.333. The molecule has 100 valence electrons. The Kier molecular flexibility index (Phi) is 3.89. The lowest BCUT2D eigenvalue weighted by atomic mass is 9.80. The summed E-state index contributed by atoms with van der Waals surface area (Å²) in [5.41, 5.74) is 5.47. The van der Waals surface area contributed by atoms with Crippen molar-refractivity contribution in [2.75, 3.05) is 0 Å². The SMILES string of the molecule is NNC(c1ccc(C2CCC2)cc1)c1sccc1Cl. The third kappa shape index (κ3) is 2.56. The van der Waals surface area contributed by atoms with Gasteiger partial charge in [0, 0.05) is 4.88 Å². The molecule has 1 saturated carbocycles. The molecule has 1 fully saturated rings. The van der Waals surface area contributed by atoms with Crippen LogP contribution in [0.25, 0.3) is 0 Å². The first-order chi connectivity index (χ1) is 9.29. The summed E-state index contributed by atoms with van der Waals surface area (Å²) in [6.07, 6.45) is 4.02. The van der Waals surface area contributed by atoms with Gasteiger partial charge in [-0.25, -0.2) is 5.43 Å². The summed E-state index contributed by atoms with van der Waals surface area (Å²) in [5, 5.41) is 2.76. The number of benzene rings is 1. The minimum atomic E-state index is -0.0251. The second kappa shape index (κ2) is 5.63. The van der Waals surface area contributed by atoms with Gasteiger partial charge in [-0.2, -0.15) is 0 Å². The highest BCUT2D eigenvalue weighted by Crippen LogP contribution is 2.37. The average molecular weight is 293 g/mol. The summed E-state index contributed by atoms with van der Waals surface area (Å²) in [4.78, 5) is 1.07. The Morgan fingerprint density at radius 3 is 2.42 bits per heavy atom. The van der Waals surface area contributed by atoms with Crippen LogP contribution in [0.15, 0.2) is 35.7 Å². The number of hydrogen-bond donors (Lipinski definition) is 2. The van der Waals surface area contributed by atoms with E-state index in [1.165, 1.54) is 24.8 Å². The van der Waals surface area contributed by atoms with E-state index in [0.29, 0.717) is 0 Å². The van der Waals surface area contributed by atoms with Gasteiger partial charge in [-0.15, -0.1) is 11.3 Å². The van der Waals surface area contributed by atoms with Gasteiger partial charge in [-0.05, 0) is 41.3 Å². The predicted octanol–water partition coefficient (Wildman–Crippen LogP) is 4.22. The quantitative estimate of drug-likeness (QED) is 0.654. The van der Waals surface area contributed by atoms with E-state index < -0.39 is 0 Å². The predicted molar refractivity (Wildman–Crippen MR) is 81.5 cm³/mol. The molecule has 3 N–H and O–H groups in total. The van der Waals surface area contributed by atoms with Crippen molar-refractivity contribution >= 4 is 22.9 Å². The van der Waals surface area contributed by atoms with Crippen LogP contribution >= 0.6 is 22.9 Å². The number of rotatable bonds is 4.